The van der Waals surface area contributed by atoms with Gasteiger partial charge in [-0.2, -0.15) is 0 Å². The molecule has 0 atom stereocenters. The average molecular weight is 313 g/mol. The maximum absolute atomic E-state index is 11.7. The molecule has 3 amide bonds. The predicted octanol–water partition coefficient (Wildman–Crippen LogP) is 2.80. The van der Waals surface area contributed by atoms with Crippen LogP contribution in [0.5, 0.6) is 0 Å². The minimum absolute atomic E-state index is 0.308. The SMILES string of the molecule is Cc1ccc(Cl)c(NC(=O)NC(=O)CC(C)(C)C(=O)O)c1. The average Bonchev–Trinajstić information content (AvgIpc) is 2.32. The van der Waals surface area contributed by atoms with E-state index >= 15 is 0 Å². The summed E-state index contributed by atoms with van der Waals surface area (Å²) in [6, 6.07) is 4.31. The van der Waals surface area contributed by atoms with E-state index in [0.717, 1.165) is 5.56 Å². The molecule has 0 aromatic heterocycles. The summed E-state index contributed by atoms with van der Waals surface area (Å²) in [7, 11) is 0. The number of hydrogen-bond donors (Lipinski definition) is 3. The second-order valence-electron chi connectivity index (χ2n) is 5.35. The van der Waals surface area contributed by atoms with E-state index in [9.17, 15) is 14.4 Å². The number of carboxylic acids is 1. The lowest BCUT2D eigenvalue weighted by Gasteiger charge is -2.18. The number of carbonyl (C=O) groups is 3. The van der Waals surface area contributed by atoms with E-state index in [1.807, 2.05) is 6.92 Å². The van der Waals surface area contributed by atoms with Gasteiger partial charge in [-0.25, -0.2) is 4.79 Å². The Labute approximate surface area is 127 Å². The van der Waals surface area contributed by atoms with Crippen molar-refractivity contribution in [3.63, 3.8) is 0 Å². The lowest BCUT2D eigenvalue weighted by molar-refractivity contribution is -0.149. The molecule has 1 aromatic carbocycles. The van der Waals surface area contributed by atoms with Gasteiger partial charge in [0.05, 0.1) is 16.1 Å². The molecule has 0 spiro atoms. The number of carbonyl (C=O) groups excluding carboxylic acids is 2. The second kappa shape index (κ2) is 6.58. The van der Waals surface area contributed by atoms with Crippen molar-refractivity contribution in [2.75, 3.05) is 5.32 Å². The standard InChI is InChI=1S/C14H17ClN2O4/c1-8-4-5-9(15)10(6-8)16-13(21)17-11(18)7-14(2,3)12(19)20/h4-6H,7H2,1-3H3,(H,19,20)(H2,16,17,18,21). The van der Waals surface area contributed by atoms with Gasteiger partial charge >= 0.3 is 12.0 Å². The Morgan fingerprint density at radius 1 is 1.29 bits per heavy atom. The van der Waals surface area contributed by atoms with Crippen LogP contribution < -0.4 is 10.6 Å². The number of benzene rings is 1. The Hall–Kier alpha value is -2.08. The highest BCUT2D eigenvalue weighted by Crippen LogP contribution is 2.23. The van der Waals surface area contributed by atoms with Crippen LogP contribution in [0.1, 0.15) is 25.8 Å². The third-order valence-corrected chi connectivity index (χ3v) is 3.13. The molecule has 21 heavy (non-hydrogen) atoms. The number of aryl methyl sites for hydroxylation is 1. The topological polar surface area (TPSA) is 95.5 Å². The van der Waals surface area contributed by atoms with Gasteiger partial charge in [-0.15, -0.1) is 0 Å². The fourth-order valence-electron chi connectivity index (χ4n) is 1.54. The highest BCUT2D eigenvalue weighted by atomic mass is 35.5. The first kappa shape index (κ1) is 17.0. The first-order chi connectivity index (χ1) is 9.61. The Kier molecular flexibility index (Phi) is 5.32. The highest BCUT2D eigenvalue weighted by molar-refractivity contribution is 6.33. The Morgan fingerprint density at radius 3 is 2.48 bits per heavy atom. The molecule has 0 bridgehead atoms. The first-order valence-corrected chi connectivity index (χ1v) is 6.60. The fraction of sp³-hybridized carbons (Fsp3) is 0.357. The van der Waals surface area contributed by atoms with E-state index in [-0.39, 0.29) is 6.42 Å². The van der Waals surface area contributed by atoms with Crippen LogP contribution in [0.3, 0.4) is 0 Å². The molecule has 0 saturated carbocycles. The van der Waals surface area contributed by atoms with E-state index in [4.69, 9.17) is 16.7 Å². The number of carboxylic acid groups (broad SMARTS) is 1. The van der Waals surface area contributed by atoms with Crippen LogP contribution in [0.2, 0.25) is 5.02 Å². The zero-order valence-electron chi connectivity index (χ0n) is 12.0. The monoisotopic (exact) mass is 312 g/mol. The molecule has 0 aliphatic carbocycles. The summed E-state index contributed by atoms with van der Waals surface area (Å²) in [5.41, 5.74) is 0.0261. The molecule has 0 heterocycles. The lowest BCUT2D eigenvalue weighted by atomic mass is 9.89. The molecular weight excluding hydrogens is 296 g/mol. The number of aliphatic carboxylic acids is 1. The maximum Gasteiger partial charge on any atom is 0.325 e. The summed E-state index contributed by atoms with van der Waals surface area (Å²) in [6.07, 6.45) is -0.308. The van der Waals surface area contributed by atoms with Crippen molar-refractivity contribution < 1.29 is 19.5 Å². The number of halogens is 1. The summed E-state index contributed by atoms with van der Waals surface area (Å²) in [4.78, 5) is 34.3. The number of rotatable bonds is 4. The molecule has 0 unspecified atom stereocenters. The number of imide groups is 1. The number of anilines is 1. The molecule has 0 fully saturated rings. The highest BCUT2D eigenvalue weighted by Gasteiger charge is 2.30. The number of urea groups is 1. The van der Waals surface area contributed by atoms with E-state index in [1.54, 1.807) is 18.2 Å². The van der Waals surface area contributed by atoms with Crippen molar-refractivity contribution in [2.24, 2.45) is 5.41 Å². The zero-order chi connectivity index (χ0) is 16.2. The van der Waals surface area contributed by atoms with Gasteiger partial charge in [-0.3, -0.25) is 14.9 Å². The van der Waals surface area contributed by atoms with Gasteiger partial charge < -0.3 is 10.4 Å². The third-order valence-electron chi connectivity index (χ3n) is 2.80. The normalized spacial score (nSPS) is 10.9. The van der Waals surface area contributed by atoms with Crippen LogP contribution in [0, 0.1) is 12.3 Å². The van der Waals surface area contributed by atoms with E-state index in [0.29, 0.717) is 10.7 Å². The Morgan fingerprint density at radius 2 is 1.90 bits per heavy atom. The lowest BCUT2D eigenvalue weighted by Crippen LogP contribution is -2.38. The second-order valence-corrected chi connectivity index (χ2v) is 5.76. The smallest absolute Gasteiger partial charge is 0.325 e. The van der Waals surface area contributed by atoms with E-state index in [1.165, 1.54) is 13.8 Å². The van der Waals surface area contributed by atoms with Gasteiger partial charge in [-0.1, -0.05) is 17.7 Å². The first-order valence-electron chi connectivity index (χ1n) is 6.22. The molecule has 1 aromatic rings. The fourth-order valence-corrected chi connectivity index (χ4v) is 1.70. The molecular formula is C14H17ClN2O4. The number of amides is 3. The van der Waals surface area contributed by atoms with Crippen molar-refractivity contribution in [1.29, 1.82) is 0 Å². The van der Waals surface area contributed by atoms with Gasteiger partial charge in [0.15, 0.2) is 0 Å². The van der Waals surface area contributed by atoms with Gasteiger partial charge in [0, 0.05) is 6.42 Å². The summed E-state index contributed by atoms with van der Waals surface area (Å²) in [5.74, 6) is -1.79. The van der Waals surface area contributed by atoms with Crippen LogP contribution in [0.25, 0.3) is 0 Å². The molecule has 0 aliphatic rings. The largest absolute Gasteiger partial charge is 0.481 e. The molecule has 0 saturated heterocycles. The van der Waals surface area contributed by atoms with Crippen LogP contribution in [0.15, 0.2) is 18.2 Å². The van der Waals surface area contributed by atoms with Gasteiger partial charge in [0.25, 0.3) is 0 Å². The van der Waals surface area contributed by atoms with Crippen molar-refractivity contribution in [2.45, 2.75) is 27.2 Å². The minimum Gasteiger partial charge on any atom is -0.481 e. The summed E-state index contributed by atoms with van der Waals surface area (Å²) in [6.45, 7) is 4.65. The van der Waals surface area contributed by atoms with Crippen molar-refractivity contribution in [3.05, 3.63) is 28.8 Å². The summed E-state index contributed by atoms with van der Waals surface area (Å²) < 4.78 is 0. The van der Waals surface area contributed by atoms with E-state index < -0.39 is 23.3 Å². The number of hydrogen-bond acceptors (Lipinski definition) is 3. The molecule has 6 nitrogen and oxygen atoms in total. The van der Waals surface area contributed by atoms with E-state index in [2.05, 4.69) is 10.6 Å². The predicted molar refractivity (Wildman–Crippen MR) is 79.4 cm³/mol. The summed E-state index contributed by atoms with van der Waals surface area (Å²) >= 11 is 5.92. The molecule has 0 aliphatic heterocycles. The van der Waals surface area contributed by atoms with Gasteiger partial charge in [-0.05, 0) is 38.5 Å². The van der Waals surface area contributed by atoms with Gasteiger partial charge in [0.1, 0.15) is 0 Å². The van der Waals surface area contributed by atoms with Crippen LogP contribution in [0.4, 0.5) is 10.5 Å². The zero-order valence-corrected chi connectivity index (χ0v) is 12.7. The quantitative estimate of drug-likeness (QED) is 0.796. The van der Waals surface area contributed by atoms with Crippen molar-refractivity contribution >= 4 is 35.2 Å². The molecule has 3 N–H and O–H groups in total. The van der Waals surface area contributed by atoms with Crippen molar-refractivity contribution in [1.82, 2.24) is 5.32 Å². The van der Waals surface area contributed by atoms with Gasteiger partial charge in [0.2, 0.25) is 5.91 Å². The molecule has 114 valence electrons. The van der Waals surface area contributed by atoms with Crippen molar-refractivity contribution in [3.8, 4) is 0 Å². The van der Waals surface area contributed by atoms with Crippen LogP contribution in [-0.4, -0.2) is 23.0 Å². The summed E-state index contributed by atoms with van der Waals surface area (Å²) in [5, 5.41) is 13.8. The number of nitrogens with one attached hydrogen (secondary N) is 2. The molecule has 1 rings (SSSR count). The maximum atomic E-state index is 11.7. The Balaban J connectivity index is 2.64. The third kappa shape index (κ3) is 5.07. The van der Waals surface area contributed by atoms with Crippen LogP contribution >= 0.6 is 11.6 Å². The molecule has 7 heteroatoms. The Bertz CT molecular complexity index is 584. The van der Waals surface area contributed by atoms with Crippen LogP contribution in [-0.2, 0) is 9.59 Å². The minimum atomic E-state index is -1.24. The molecule has 0 radical (unpaired) electrons.